The summed E-state index contributed by atoms with van der Waals surface area (Å²) in [7, 11) is 3.96. The van der Waals surface area contributed by atoms with Gasteiger partial charge in [0, 0.05) is 32.7 Å². The van der Waals surface area contributed by atoms with Crippen LogP contribution in [0.2, 0.25) is 0 Å². The van der Waals surface area contributed by atoms with Crippen LogP contribution in [0.5, 0.6) is 5.75 Å². The smallest absolute Gasteiger partial charge is 0.387 e. The normalized spacial score (nSPS) is 20.9. The molecule has 3 rings (SSSR count). The first-order valence-electron chi connectivity index (χ1n) is 10.5. The molecule has 0 radical (unpaired) electrons. The Morgan fingerprint density at radius 3 is 2.63 bits per heavy atom. The zero-order valence-electron chi connectivity index (χ0n) is 17.8. The summed E-state index contributed by atoms with van der Waals surface area (Å²) in [4.78, 5) is 8.82. The molecular formula is C21H34F2IN5O. The number of benzene rings is 1. The molecule has 0 saturated carbocycles. The number of anilines is 1. The van der Waals surface area contributed by atoms with Gasteiger partial charge >= 0.3 is 6.61 Å². The van der Waals surface area contributed by atoms with Crippen LogP contribution in [0.15, 0.2) is 29.3 Å². The molecule has 0 bridgehead atoms. The first-order chi connectivity index (χ1) is 14.0. The van der Waals surface area contributed by atoms with Gasteiger partial charge in [-0.25, -0.2) is 0 Å². The number of para-hydroxylation sites is 2. The largest absolute Gasteiger partial charge is 0.433 e. The second kappa shape index (κ2) is 12.5. The zero-order valence-corrected chi connectivity index (χ0v) is 20.1. The minimum atomic E-state index is -2.82. The van der Waals surface area contributed by atoms with Crippen molar-refractivity contribution in [1.29, 1.82) is 0 Å². The van der Waals surface area contributed by atoms with Crippen LogP contribution in [0, 0.1) is 5.92 Å². The summed E-state index contributed by atoms with van der Waals surface area (Å²) in [6.45, 7) is 1.97. The molecule has 30 heavy (non-hydrogen) atoms. The topological polar surface area (TPSA) is 52.1 Å². The molecule has 1 atom stereocenters. The number of rotatable bonds is 7. The van der Waals surface area contributed by atoms with Gasteiger partial charge in [0.15, 0.2) is 5.96 Å². The Hall–Kier alpha value is -1.36. The number of hydrogen-bond acceptors (Lipinski definition) is 4. The Labute approximate surface area is 195 Å². The van der Waals surface area contributed by atoms with Crippen molar-refractivity contribution in [2.75, 3.05) is 51.7 Å². The minimum Gasteiger partial charge on any atom is -0.433 e. The van der Waals surface area contributed by atoms with Gasteiger partial charge in [0.25, 0.3) is 0 Å². The number of piperidine rings is 1. The van der Waals surface area contributed by atoms with Crippen molar-refractivity contribution in [3.8, 4) is 5.75 Å². The molecular weight excluding hydrogens is 503 g/mol. The van der Waals surface area contributed by atoms with Crippen LogP contribution < -0.4 is 20.3 Å². The SMILES string of the molecule is CN=C(NCCC1CCN(C)CC1)NC1CCN(c2ccccc2OC(F)F)C1.I. The van der Waals surface area contributed by atoms with Gasteiger partial charge in [0.2, 0.25) is 0 Å². The molecule has 2 aliphatic heterocycles. The number of nitrogens with zero attached hydrogens (tertiary/aromatic N) is 3. The number of halogens is 3. The standard InChI is InChI=1S/C21H33F2N5O.HI/c1-24-21(25-11-7-16-8-12-27(2)13-9-16)26-17-10-14-28(15-17)18-5-3-4-6-19(18)29-20(22)23;/h3-6,16-17,20H,7-15H2,1-2H3,(H2,24,25,26);1H. The van der Waals surface area contributed by atoms with Crippen molar-refractivity contribution in [1.82, 2.24) is 15.5 Å². The Kier molecular flexibility index (Phi) is 10.4. The third-order valence-electron chi connectivity index (χ3n) is 5.86. The Bertz CT molecular complexity index is 671. The van der Waals surface area contributed by atoms with Crippen molar-refractivity contribution in [2.24, 2.45) is 10.9 Å². The molecule has 2 saturated heterocycles. The quantitative estimate of drug-likeness (QED) is 0.318. The average molecular weight is 537 g/mol. The first-order valence-corrected chi connectivity index (χ1v) is 10.5. The molecule has 2 aliphatic rings. The Morgan fingerprint density at radius 2 is 1.93 bits per heavy atom. The van der Waals surface area contributed by atoms with Gasteiger partial charge in [-0.15, -0.1) is 24.0 Å². The number of nitrogens with one attached hydrogen (secondary N) is 2. The lowest BCUT2D eigenvalue weighted by molar-refractivity contribution is -0.0495. The van der Waals surface area contributed by atoms with Crippen molar-refractivity contribution in [2.45, 2.75) is 38.3 Å². The van der Waals surface area contributed by atoms with Crippen LogP contribution in [-0.2, 0) is 0 Å². The van der Waals surface area contributed by atoms with Crippen LogP contribution in [-0.4, -0.2) is 70.3 Å². The van der Waals surface area contributed by atoms with Gasteiger partial charge < -0.3 is 25.2 Å². The van der Waals surface area contributed by atoms with Gasteiger partial charge in [-0.05, 0) is 63.9 Å². The fourth-order valence-electron chi connectivity index (χ4n) is 4.14. The summed E-state index contributed by atoms with van der Waals surface area (Å²) in [5.74, 6) is 1.82. The van der Waals surface area contributed by atoms with E-state index in [1.54, 1.807) is 19.2 Å². The maximum Gasteiger partial charge on any atom is 0.387 e. The lowest BCUT2D eigenvalue weighted by Gasteiger charge is -2.29. The van der Waals surface area contributed by atoms with Crippen molar-refractivity contribution in [3.63, 3.8) is 0 Å². The van der Waals surface area contributed by atoms with Crippen molar-refractivity contribution in [3.05, 3.63) is 24.3 Å². The number of alkyl halides is 2. The molecule has 170 valence electrons. The predicted molar refractivity (Wildman–Crippen MR) is 128 cm³/mol. The van der Waals surface area contributed by atoms with Crippen LogP contribution in [0.3, 0.4) is 0 Å². The van der Waals surface area contributed by atoms with E-state index < -0.39 is 6.61 Å². The fourth-order valence-corrected chi connectivity index (χ4v) is 4.14. The summed E-state index contributed by atoms with van der Waals surface area (Å²) in [5.41, 5.74) is 0.710. The molecule has 0 aliphatic carbocycles. The zero-order chi connectivity index (χ0) is 20.6. The second-order valence-electron chi connectivity index (χ2n) is 7.96. The maximum absolute atomic E-state index is 12.7. The van der Waals surface area contributed by atoms with E-state index in [1.165, 1.54) is 25.9 Å². The van der Waals surface area contributed by atoms with E-state index in [0.717, 1.165) is 44.4 Å². The van der Waals surface area contributed by atoms with Crippen LogP contribution in [0.4, 0.5) is 14.5 Å². The summed E-state index contributed by atoms with van der Waals surface area (Å²) >= 11 is 0. The van der Waals surface area contributed by atoms with Crippen LogP contribution in [0.25, 0.3) is 0 Å². The minimum absolute atomic E-state index is 0. The number of hydrogen-bond donors (Lipinski definition) is 2. The molecule has 0 amide bonds. The maximum atomic E-state index is 12.7. The van der Waals surface area contributed by atoms with Gasteiger partial charge in [0.1, 0.15) is 5.75 Å². The van der Waals surface area contributed by atoms with E-state index in [0.29, 0.717) is 5.69 Å². The number of aliphatic imine (C=N–C) groups is 1. The summed E-state index contributed by atoms with van der Waals surface area (Å²) < 4.78 is 30.0. The lowest BCUT2D eigenvalue weighted by Crippen LogP contribution is -2.45. The van der Waals surface area contributed by atoms with E-state index >= 15 is 0 Å². The third-order valence-corrected chi connectivity index (χ3v) is 5.86. The third kappa shape index (κ3) is 7.40. The summed E-state index contributed by atoms with van der Waals surface area (Å²) in [5, 5.41) is 6.90. The average Bonchev–Trinajstić information content (AvgIpc) is 3.17. The van der Waals surface area contributed by atoms with E-state index in [9.17, 15) is 8.78 Å². The molecule has 2 fully saturated rings. The van der Waals surface area contributed by atoms with Gasteiger partial charge in [-0.1, -0.05) is 12.1 Å². The fraction of sp³-hybridized carbons (Fsp3) is 0.667. The van der Waals surface area contributed by atoms with Gasteiger partial charge in [-0.3, -0.25) is 4.99 Å². The number of guanidine groups is 1. The van der Waals surface area contributed by atoms with E-state index in [-0.39, 0.29) is 35.8 Å². The van der Waals surface area contributed by atoms with E-state index in [2.05, 4.69) is 37.2 Å². The summed E-state index contributed by atoms with van der Waals surface area (Å²) in [6.07, 6.45) is 4.60. The molecule has 2 heterocycles. The van der Waals surface area contributed by atoms with Crippen LogP contribution >= 0.6 is 24.0 Å². The van der Waals surface area contributed by atoms with Gasteiger partial charge in [0.05, 0.1) is 5.69 Å². The molecule has 0 aromatic heterocycles. The molecule has 6 nitrogen and oxygen atoms in total. The monoisotopic (exact) mass is 537 g/mol. The summed E-state index contributed by atoms with van der Waals surface area (Å²) in [6, 6.07) is 7.19. The highest BCUT2D eigenvalue weighted by Crippen LogP contribution is 2.31. The Balaban J connectivity index is 0.00000320. The number of likely N-dealkylation sites (tertiary alicyclic amines) is 1. The van der Waals surface area contributed by atoms with Gasteiger partial charge in [-0.2, -0.15) is 8.78 Å². The van der Waals surface area contributed by atoms with E-state index in [4.69, 9.17) is 0 Å². The molecule has 1 aromatic rings. The second-order valence-corrected chi connectivity index (χ2v) is 7.96. The van der Waals surface area contributed by atoms with Crippen LogP contribution in [0.1, 0.15) is 25.7 Å². The lowest BCUT2D eigenvalue weighted by atomic mass is 9.94. The molecule has 9 heteroatoms. The molecule has 2 N–H and O–H groups in total. The molecule has 1 unspecified atom stereocenters. The predicted octanol–water partition coefficient (Wildman–Crippen LogP) is 3.38. The van der Waals surface area contributed by atoms with Crippen molar-refractivity contribution < 1.29 is 13.5 Å². The Morgan fingerprint density at radius 1 is 1.20 bits per heavy atom. The van der Waals surface area contributed by atoms with E-state index in [1.807, 2.05) is 12.1 Å². The first kappa shape index (κ1) is 24.9. The highest BCUT2D eigenvalue weighted by atomic mass is 127. The highest BCUT2D eigenvalue weighted by molar-refractivity contribution is 14.0. The molecule has 0 spiro atoms. The number of ether oxygens (including phenoxy) is 1. The van der Waals surface area contributed by atoms with Crippen molar-refractivity contribution >= 4 is 35.6 Å². The highest BCUT2D eigenvalue weighted by Gasteiger charge is 2.26. The molecule has 1 aromatic carbocycles.